The van der Waals surface area contributed by atoms with Crippen molar-refractivity contribution in [3.63, 3.8) is 0 Å². The van der Waals surface area contributed by atoms with Gasteiger partial charge in [-0.15, -0.1) is 0 Å². The quantitative estimate of drug-likeness (QED) is 0.154. The summed E-state index contributed by atoms with van der Waals surface area (Å²) in [5, 5.41) is 4.81. The summed E-state index contributed by atoms with van der Waals surface area (Å²) in [6, 6.07) is 0. The van der Waals surface area contributed by atoms with Gasteiger partial charge in [0.05, 0.1) is 6.54 Å². The van der Waals surface area contributed by atoms with Gasteiger partial charge in [0.1, 0.15) is 28.9 Å². The Hall–Kier alpha value is -3.58. The lowest BCUT2D eigenvalue weighted by atomic mass is 9.91. The number of ether oxygens (including phenoxy) is 4. The van der Waals surface area contributed by atoms with E-state index in [2.05, 4.69) is 15.6 Å². The third-order valence-electron chi connectivity index (χ3n) is 5.87. The minimum Gasteiger partial charge on any atom is -0.459 e. The average molecular weight is 598 g/mol. The summed E-state index contributed by atoms with van der Waals surface area (Å²) in [5.74, 6) is -0.737. The zero-order chi connectivity index (χ0) is 31.9. The number of hydrogen-bond donors (Lipinski definition) is 2. The largest absolute Gasteiger partial charge is 0.459 e. The van der Waals surface area contributed by atoms with E-state index in [0.29, 0.717) is 32.4 Å². The van der Waals surface area contributed by atoms with E-state index in [1.807, 2.05) is 0 Å². The van der Waals surface area contributed by atoms with Crippen molar-refractivity contribution in [2.75, 3.05) is 32.7 Å². The van der Waals surface area contributed by atoms with Crippen molar-refractivity contribution in [3.05, 3.63) is 0 Å². The van der Waals surface area contributed by atoms with Gasteiger partial charge in [0.2, 0.25) is 11.9 Å². The van der Waals surface area contributed by atoms with Gasteiger partial charge in [-0.3, -0.25) is 30.1 Å². The van der Waals surface area contributed by atoms with E-state index in [4.69, 9.17) is 18.9 Å². The second-order valence-corrected chi connectivity index (χ2v) is 13.5. The highest BCUT2D eigenvalue weighted by atomic mass is 16.6. The Morgan fingerprint density at radius 2 is 1.36 bits per heavy atom. The van der Waals surface area contributed by atoms with E-state index < -0.39 is 46.7 Å². The van der Waals surface area contributed by atoms with Gasteiger partial charge in [-0.2, -0.15) is 0 Å². The molecule has 2 aliphatic rings. The smallest absolute Gasteiger partial charge is 0.414 e. The molecule has 4 amide bonds. The molecule has 0 aromatic rings. The van der Waals surface area contributed by atoms with Gasteiger partial charge in [0, 0.05) is 38.9 Å². The van der Waals surface area contributed by atoms with E-state index in [-0.39, 0.29) is 37.9 Å². The zero-order valence-electron chi connectivity index (χ0n) is 26.4. The van der Waals surface area contributed by atoms with Crippen LogP contribution in [0.3, 0.4) is 0 Å². The molecule has 0 bridgehead atoms. The molecule has 2 aliphatic heterocycles. The number of hydrogen-bond acceptors (Lipinski definition) is 10. The summed E-state index contributed by atoms with van der Waals surface area (Å²) in [5.41, 5.74) is -2.91. The molecule has 14 heteroatoms. The molecule has 0 aliphatic carbocycles. The highest BCUT2D eigenvalue weighted by Gasteiger charge is 2.48. The maximum atomic E-state index is 12.8. The lowest BCUT2D eigenvalue weighted by molar-refractivity contribution is -0.155. The number of piperidine rings is 1. The number of esters is 1. The minimum atomic E-state index is -0.798. The van der Waals surface area contributed by atoms with Crippen molar-refractivity contribution in [2.45, 2.75) is 110 Å². The molecule has 2 N–H and O–H groups in total. The van der Waals surface area contributed by atoms with E-state index in [9.17, 15) is 24.0 Å². The third-order valence-corrected chi connectivity index (χ3v) is 5.87. The summed E-state index contributed by atoms with van der Waals surface area (Å²) in [6.45, 7) is 16.5. The Kier molecular flexibility index (Phi) is 11.2. The van der Waals surface area contributed by atoms with Crippen LogP contribution in [-0.4, -0.2) is 101 Å². The molecule has 0 unspecified atom stereocenters. The predicted octanol–water partition coefficient (Wildman–Crippen LogP) is 3.33. The molecular weight excluding hydrogens is 550 g/mol. The summed E-state index contributed by atoms with van der Waals surface area (Å²) in [7, 11) is 0. The number of nitrogens with zero attached hydrogens (tertiary/aromatic N) is 3. The summed E-state index contributed by atoms with van der Waals surface area (Å²) < 4.78 is 21.4. The van der Waals surface area contributed by atoms with E-state index in [0.717, 1.165) is 0 Å². The maximum Gasteiger partial charge on any atom is 0.414 e. The molecule has 0 aromatic carbocycles. The van der Waals surface area contributed by atoms with Gasteiger partial charge >= 0.3 is 24.2 Å². The first-order valence-corrected chi connectivity index (χ1v) is 14.2. The van der Waals surface area contributed by atoms with Crippen molar-refractivity contribution < 1.29 is 42.9 Å². The van der Waals surface area contributed by atoms with Crippen molar-refractivity contribution in [1.29, 1.82) is 0 Å². The van der Waals surface area contributed by atoms with E-state index in [1.165, 1.54) is 4.90 Å². The molecule has 2 fully saturated rings. The predicted molar refractivity (Wildman–Crippen MR) is 153 cm³/mol. The second-order valence-electron chi connectivity index (χ2n) is 13.5. The number of aliphatic imine (C=N–C) groups is 1. The number of amides is 4. The van der Waals surface area contributed by atoms with Gasteiger partial charge in [0.15, 0.2) is 0 Å². The Balaban J connectivity index is 1.86. The van der Waals surface area contributed by atoms with Crippen LogP contribution in [0, 0.1) is 0 Å². The number of carbonyl (C=O) groups excluding carboxylic acids is 5. The Bertz CT molecular complexity index is 1010. The van der Waals surface area contributed by atoms with Crippen LogP contribution >= 0.6 is 0 Å². The number of alkyl carbamates (subject to hydrolysis) is 2. The number of rotatable bonds is 6. The van der Waals surface area contributed by atoms with Crippen LogP contribution in [0.4, 0.5) is 14.4 Å². The fourth-order valence-electron chi connectivity index (χ4n) is 4.26. The maximum absolute atomic E-state index is 12.8. The van der Waals surface area contributed by atoms with Crippen LogP contribution in [0.1, 0.15) is 88.0 Å². The van der Waals surface area contributed by atoms with Crippen LogP contribution in [0.2, 0.25) is 0 Å². The SMILES string of the molecule is CC(C)(C)OC(=O)CN1CC2(CCN(C(=O)CCCN=C(NC(=O)OC(C)(C)C)NC(=O)OC(C)(C)C)CC2)OC1=O. The number of nitrogens with one attached hydrogen (secondary N) is 2. The van der Waals surface area contributed by atoms with Crippen molar-refractivity contribution in [2.24, 2.45) is 4.99 Å². The first kappa shape index (κ1) is 34.6. The summed E-state index contributed by atoms with van der Waals surface area (Å²) in [6.07, 6.45) is -0.703. The van der Waals surface area contributed by atoms with Crippen LogP contribution in [0.5, 0.6) is 0 Å². The molecule has 2 heterocycles. The molecule has 14 nitrogen and oxygen atoms in total. The molecule has 0 atom stereocenters. The Morgan fingerprint density at radius 1 is 0.857 bits per heavy atom. The van der Waals surface area contributed by atoms with E-state index >= 15 is 0 Å². The Labute approximate surface area is 247 Å². The molecule has 0 saturated carbocycles. The topological polar surface area (TPSA) is 165 Å². The Morgan fingerprint density at radius 3 is 1.83 bits per heavy atom. The van der Waals surface area contributed by atoms with Crippen LogP contribution < -0.4 is 10.6 Å². The first-order chi connectivity index (χ1) is 19.2. The van der Waals surface area contributed by atoms with Crippen molar-refractivity contribution in [1.82, 2.24) is 20.4 Å². The van der Waals surface area contributed by atoms with Gasteiger partial charge in [-0.1, -0.05) is 0 Å². The van der Waals surface area contributed by atoms with Crippen molar-refractivity contribution >= 4 is 36.1 Å². The monoisotopic (exact) mass is 597 g/mol. The van der Waals surface area contributed by atoms with E-state index in [1.54, 1.807) is 67.2 Å². The summed E-state index contributed by atoms with van der Waals surface area (Å²) in [4.78, 5) is 69.1. The highest BCUT2D eigenvalue weighted by molar-refractivity contribution is 6.01. The molecule has 42 heavy (non-hydrogen) atoms. The fraction of sp³-hybridized carbons (Fsp3) is 0.786. The molecule has 238 valence electrons. The number of carbonyl (C=O) groups is 5. The van der Waals surface area contributed by atoms with Gasteiger partial charge in [-0.25, -0.2) is 14.4 Å². The molecular formula is C28H47N5O9. The lowest BCUT2D eigenvalue weighted by Gasteiger charge is -2.37. The van der Waals surface area contributed by atoms with Crippen LogP contribution in [0.15, 0.2) is 4.99 Å². The molecule has 0 aromatic heterocycles. The normalized spacial score (nSPS) is 16.8. The standard InChI is InChI=1S/C28H47N5O9/c1-25(2,3)39-20(35)17-33-18-28(42-24(33)38)12-15-32(16-13-28)19(34)11-10-14-29-21(30-22(36)40-26(4,5)6)31-23(37)41-27(7,8)9/h10-18H2,1-9H3,(H2,29,30,31,36,37). The zero-order valence-corrected chi connectivity index (χ0v) is 26.4. The van der Waals surface area contributed by atoms with Crippen LogP contribution in [0.25, 0.3) is 0 Å². The average Bonchev–Trinajstić information content (AvgIpc) is 3.06. The number of likely N-dealkylation sites (tertiary alicyclic amines) is 1. The lowest BCUT2D eigenvalue weighted by Crippen LogP contribution is -2.49. The van der Waals surface area contributed by atoms with Gasteiger partial charge < -0.3 is 23.8 Å². The molecule has 2 saturated heterocycles. The first-order valence-electron chi connectivity index (χ1n) is 14.2. The van der Waals surface area contributed by atoms with Crippen molar-refractivity contribution in [3.8, 4) is 0 Å². The number of guanidine groups is 1. The second kappa shape index (κ2) is 13.6. The highest BCUT2D eigenvalue weighted by Crippen LogP contribution is 2.33. The molecule has 1 spiro atoms. The minimum absolute atomic E-state index is 0.0864. The molecule has 0 radical (unpaired) electrons. The van der Waals surface area contributed by atoms with Crippen LogP contribution in [-0.2, 0) is 28.5 Å². The fourth-order valence-corrected chi connectivity index (χ4v) is 4.26. The summed E-state index contributed by atoms with van der Waals surface area (Å²) >= 11 is 0. The third kappa shape index (κ3) is 12.5. The van der Waals surface area contributed by atoms with Gasteiger partial charge in [0.25, 0.3) is 0 Å². The molecule has 2 rings (SSSR count). The van der Waals surface area contributed by atoms with Gasteiger partial charge in [-0.05, 0) is 68.7 Å².